The van der Waals surface area contributed by atoms with E-state index in [0.717, 1.165) is 42.8 Å². The molecule has 5 nitrogen and oxygen atoms in total. The molecule has 0 spiro atoms. The van der Waals surface area contributed by atoms with Gasteiger partial charge in [0.2, 0.25) is 5.91 Å². The van der Waals surface area contributed by atoms with Crippen molar-refractivity contribution in [2.24, 2.45) is 0 Å². The Morgan fingerprint density at radius 1 is 1.50 bits per heavy atom. The molecule has 20 heavy (non-hydrogen) atoms. The van der Waals surface area contributed by atoms with Crippen LogP contribution in [0.1, 0.15) is 18.5 Å². The van der Waals surface area contributed by atoms with E-state index in [1.54, 1.807) is 7.11 Å². The normalized spacial score (nSPS) is 16.4. The van der Waals surface area contributed by atoms with Gasteiger partial charge in [0, 0.05) is 32.8 Å². The number of hydrogen-bond donors (Lipinski definition) is 1. The molecule has 2 rings (SSSR count). The van der Waals surface area contributed by atoms with E-state index in [9.17, 15) is 4.79 Å². The Kier molecular flexibility index (Phi) is 5.94. The lowest BCUT2D eigenvalue weighted by Gasteiger charge is -2.32. The van der Waals surface area contributed by atoms with Crippen molar-refractivity contribution in [3.05, 3.63) is 28.5 Å². The number of halogens is 1. The van der Waals surface area contributed by atoms with Crippen molar-refractivity contribution in [1.82, 2.24) is 15.2 Å². The molecule has 1 aliphatic rings. The maximum Gasteiger partial charge on any atom is 0.248 e. The molecular formula is C14H20BrN3O2. The molecule has 1 amide bonds. The van der Waals surface area contributed by atoms with Crippen LogP contribution in [0, 0.1) is 0 Å². The molecule has 0 bridgehead atoms. The lowest BCUT2D eigenvalue weighted by Crippen LogP contribution is -2.45. The molecule has 0 aromatic carbocycles. The van der Waals surface area contributed by atoms with Crippen molar-refractivity contribution in [2.45, 2.75) is 25.4 Å². The van der Waals surface area contributed by atoms with Crippen LogP contribution in [-0.2, 0) is 16.1 Å². The predicted octanol–water partition coefficient (Wildman–Crippen LogP) is 1.57. The number of methoxy groups -OCH3 is 1. The summed E-state index contributed by atoms with van der Waals surface area (Å²) < 4.78 is 5.74. The fourth-order valence-electron chi connectivity index (χ4n) is 2.35. The van der Waals surface area contributed by atoms with E-state index in [-0.39, 0.29) is 12.5 Å². The first-order valence-corrected chi connectivity index (χ1v) is 7.60. The molecule has 0 saturated carbocycles. The van der Waals surface area contributed by atoms with Crippen LogP contribution in [0.5, 0.6) is 0 Å². The molecule has 1 aliphatic heterocycles. The monoisotopic (exact) mass is 341 g/mol. The van der Waals surface area contributed by atoms with Crippen LogP contribution in [0.25, 0.3) is 0 Å². The fourth-order valence-corrected chi connectivity index (χ4v) is 2.73. The molecule has 1 aromatic rings. The molecular weight excluding hydrogens is 322 g/mol. The summed E-state index contributed by atoms with van der Waals surface area (Å²) in [4.78, 5) is 18.0. The van der Waals surface area contributed by atoms with Crippen LogP contribution in [0.4, 0.5) is 0 Å². The summed E-state index contributed by atoms with van der Waals surface area (Å²) in [6, 6.07) is 6.36. The maximum atomic E-state index is 11.7. The largest absolute Gasteiger partial charge is 0.375 e. The third-order valence-electron chi connectivity index (χ3n) is 3.46. The highest BCUT2D eigenvalue weighted by Gasteiger charge is 2.22. The molecule has 1 aromatic heterocycles. The number of aromatic nitrogens is 1. The second kappa shape index (κ2) is 7.71. The van der Waals surface area contributed by atoms with Gasteiger partial charge in [0.25, 0.3) is 0 Å². The third-order valence-corrected chi connectivity index (χ3v) is 3.90. The number of carbonyl (C=O) groups excluding carboxylic acids is 1. The Morgan fingerprint density at radius 3 is 2.90 bits per heavy atom. The van der Waals surface area contributed by atoms with Gasteiger partial charge in [-0.25, -0.2) is 4.98 Å². The zero-order valence-corrected chi connectivity index (χ0v) is 13.2. The zero-order chi connectivity index (χ0) is 14.4. The van der Waals surface area contributed by atoms with Gasteiger partial charge in [0.1, 0.15) is 11.2 Å². The SMILES string of the molecule is COCC(=O)N1CCC(NCc2cccc(Br)n2)CC1. The van der Waals surface area contributed by atoms with E-state index in [0.29, 0.717) is 6.04 Å². The molecule has 6 heteroatoms. The van der Waals surface area contributed by atoms with Crippen molar-refractivity contribution >= 4 is 21.8 Å². The van der Waals surface area contributed by atoms with Crippen LogP contribution in [-0.4, -0.2) is 48.6 Å². The summed E-state index contributed by atoms with van der Waals surface area (Å²) in [7, 11) is 1.55. The number of nitrogens with zero attached hydrogens (tertiary/aromatic N) is 2. The van der Waals surface area contributed by atoms with Crippen molar-refractivity contribution < 1.29 is 9.53 Å². The number of piperidine rings is 1. The quantitative estimate of drug-likeness (QED) is 0.826. The minimum atomic E-state index is 0.0830. The van der Waals surface area contributed by atoms with Gasteiger partial charge in [-0.15, -0.1) is 0 Å². The second-order valence-electron chi connectivity index (χ2n) is 4.92. The molecule has 0 aliphatic carbocycles. The van der Waals surface area contributed by atoms with Gasteiger partial charge in [-0.2, -0.15) is 0 Å². The fraction of sp³-hybridized carbons (Fsp3) is 0.571. The standard InChI is InChI=1S/C14H20BrN3O2/c1-20-10-14(19)18-7-5-11(6-8-18)16-9-12-3-2-4-13(15)17-12/h2-4,11,16H,5-10H2,1H3. The summed E-state index contributed by atoms with van der Waals surface area (Å²) in [5.41, 5.74) is 1.03. The average Bonchev–Trinajstić information content (AvgIpc) is 2.46. The van der Waals surface area contributed by atoms with Gasteiger partial charge >= 0.3 is 0 Å². The van der Waals surface area contributed by atoms with Crippen LogP contribution in [0.2, 0.25) is 0 Å². The van der Waals surface area contributed by atoms with Crippen LogP contribution >= 0.6 is 15.9 Å². The predicted molar refractivity (Wildman–Crippen MR) is 80.3 cm³/mol. The Morgan fingerprint density at radius 2 is 2.25 bits per heavy atom. The number of carbonyl (C=O) groups is 1. The minimum Gasteiger partial charge on any atom is -0.375 e. The Hall–Kier alpha value is -0.980. The van der Waals surface area contributed by atoms with Crippen molar-refractivity contribution in [3.8, 4) is 0 Å². The topological polar surface area (TPSA) is 54.5 Å². The van der Waals surface area contributed by atoms with Crippen LogP contribution in [0.15, 0.2) is 22.8 Å². The summed E-state index contributed by atoms with van der Waals surface area (Å²) in [5, 5.41) is 3.50. The highest BCUT2D eigenvalue weighted by atomic mass is 79.9. The smallest absolute Gasteiger partial charge is 0.248 e. The van der Waals surface area contributed by atoms with E-state index in [1.807, 2.05) is 23.1 Å². The molecule has 0 radical (unpaired) electrons. The molecule has 0 unspecified atom stereocenters. The van der Waals surface area contributed by atoms with E-state index in [4.69, 9.17) is 4.74 Å². The first-order chi connectivity index (χ1) is 9.69. The number of nitrogens with one attached hydrogen (secondary N) is 1. The van der Waals surface area contributed by atoms with Crippen molar-refractivity contribution in [1.29, 1.82) is 0 Å². The maximum absolute atomic E-state index is 11.7. The van der Waals surface area contributed by atoms with Crippen molar-refractivity contribution in [2.75, 3.05) is 26.8 Å². The van der Waals surface area contributed by atoms with E-state index < -0.39 is 0 Å². The number of pyridine rings is 1. The number of likely N-dealkylation sites (tertiary alicyclic amines) is 1. The van der Waals surface area contributed by atoms with Gasteiger partial charge in [-0.1, -0.05) is 6.07 Å². The Bertz CT molecular complexity index is 448. The Balaban J connectivity index is 1.73. The lowest BCUT2D eigenvalue weighted by atomic mass is 10.0. The number of ether oxygens (including phenoxy) is 1. The van der Waals surface area contributed by atoms with Gasteiger partial charge < -0.3 is 15.0 Å². The number of rotatable bonds is 5. The minimum absolute atomic E-state index is 0.0830. The van der Waals surface area contributed by atoms with Crippen LogP contribution in [0.3, 0.4) is 0 Å². The van der Waals surface area contributed by atoms with Gasteiger partial charge in [0.15, 0.2) is 0 Å². The first-order valence-electron chi connectivity index (χ1n) is 6.80. The summed E-state index contributed by atoms with van der Waals surface area (Å²) >= 11 is 3.37. The van der Waals surface area contributed by atoms with E-state index >= 15 is 0 Å². The molecule has 1 fully saturated rings. The molecule has 1 saturated heterocycles. The van der Waals surface area contributed by atoms with Crippen molar-refractivity contribution in [3.63, 3.8) is 0 Å². The van der Waals surface area contributed by atoms with Gasteiger partial charge in [-0.05, 0) is 40.9 Å². The van der Waals surface area contributed by atoms with Gasteiger partial charge in [-0.3, -0.25) is 4.79 Å². The van der Waals surface area contributed by atoms with E-state index in [2.05, 4.69) is 26.2 Å². The molecule has 1 N–H and O–H groups in total. The number of amides is 1. The summed E-state index contributed by atoms with van der Waals surface area (Å²) in [5.74, 6) is 0.0830. The third kappa shape index (κ3) is 4.54. The lowest BCUT2D eigenvalue weighted by molar-refractivity contribution is -0.136. The highest BCUT2D eigenvalue weighted by molar-refractivity contribution is 9.10. The average molecular weight is 342 g/mol. The Labute approximate surface area is 127 Å². The summed E-state index contributed by atoms with van der Waals surface area (Å²) in [6.45, 7) is 2.54. The van der Waals surface area contributed by atoms with Crippen LogP contribution < -0.4 is 5.32 Å². The van der Waals surface area contributed by atoms with E-state index in [1.165, 1.54) is 0 Å². The molecule has 110 valence electrons. The summed E-state index contributed by atoms with van der Waals surface area (Å²) in [6.07, 6.45) is 1.95. The molecule has 2 heterocycles. The highest BCUT2D eigenvalue weighted by Crippen LogP contribution is 2.12. The second-order valence-corrected chi connectivity index (χ2v) is 5.73. The molecule has 0 atom stereocenters. The van der Waals surface area contributed by atoms with Gasteiger partial charge in [0.05, 0.1) is 5.69 Å². The number of hydrogen-bond acceptors (Lipinski definition) is 4. The first kappa shape index (κ1) is 15.4. The zero-order valence-electron chi connectivity index (χ0n) is 11.6.